The molecule has 1 N–H and O–H groups in total. The third-order valence-electron chi connectivity index (χ3n) is 2.53. The van der Waals surface area contributed by atoms with E-state index < -0.39 is 0 Å². The standard InChI is InChI=1S/C10H13FN2O/c11-9-8(7-14)3-4-12-10(9)13-5-1-2-6-13/h3-4,14H,1-2,5-7H2. The fourth-order valence-corrected chi connectivity index (χ4v) is 1.74. The summed E-state index contributed by atoms with van der Waals surface area (Å²) in [6, 6.07) is 1.51. The lowest BCUT2D eigenvalue weighted by atomic mass is 10.2. The molecule has 0 atom stereocenters. The van der Waals surface area contributed by atoms with Crippen molar-refractivity contribution in [3.05, 3.63) is 23.6 Å². The number of hydrogen-bond donors (Lipinski definition) is 1. The van der Waals surface area contributed by atoms with Crippen molar-refractivity contribution in [3.63, 3.8) is 0 Å². The molecule has 2 heterocycles. The minimum Gasteiger partial charge on any atom is -0.392 e. The average Bonchev–Trinajstić information content (AvgIpc) is 2.71. The Morgan fingerprint density at radius 1 is 1.43 bits per heavy atom. The maximum atomic E-state index is 13.7. The summed E-state index contributed by atoms with van der Waals surface area (Å²) >= 11 is 0. The number of nitrogens with zero attached hydrogens (tertiary/aromatic N) is 2. The fourth-order valence-electron chi connectivity index (χ4n) is 1.74. The van der Waals surface area contributed by atoms with Gasteiger partial charge in [-0.3, -0.25) is 0 Å². The third kappa shape index (κ3) is 1.57. The summed E-state index contributed by atoms with van der Waals surface area (Å²) in [7, 11) is 0. The van der Waals surface area contributed by atoms with Gasteiger partial charge in [-0.25, -0.2) is 9.37 Å². The number of aliphatic hydroxyl groups excluding tert-OH is 1. The summed E-state index contributed by atoms with van der Waals surface area (Å²) in [4.78, 5) is 5.93. The van der Waals surface area contributed by atoms with Crippen LogP contribution in [0, 0.1) is 5.82 Å². The zero-order chi connectivity index (χ0) is 9.97. The van der Waals surface area contributed by atoms with Crippen LogP contribution in [0.1, 0.15) is 18.4 Å². The molecule has 0 unspecified atom stereocenters. The van der Waals surface area contributed by atoms with Crippen molar-refractivity contribution >= 4 is 5.82 Å². The largest absolute Gasteiger partial charge is 0.392 e. The molecule has 1 aliphatic rings. The van der Waals surface area contributed by atoms with Gasteiger partial charge < -0.3 is 10.0 Å². The maximum Gasteiger partial charge on any atom is 0.171 e. The highest BCUT2D eigenvalue weighted by molar-refractivity contribution is 5.43. The molecule has 0 aliphatic carbocycles. The molecule has 2 rings (SSSR count). The lowest BCUT2D eigenvalue weighted by molar-refractivity contribution is 0.275. The topological polar surface area (TPSA) is 36.4 Å². The fraction of sp³-hybridized carbons (Fsp3) is 0.500. The predicted octanol–water partition coefficient (Wildman–Crippen LogP) is 1.31. The molecule has 76 valence electrons. The summed E-state index contributed by atoms with van der Waals surface area (Å²) in [5.41, 5.74) is 0.321. The van der Waals surface area contributed by atoms with Crippen molar-refractivity contribution in [2.24, 2.45) is 0 Å². The molecule has 0 bridgehead atoms. The predicted molar refractivity (Wildman–Crippen MR) is 51.6 cm³/mol. The van der Waals surface area contributed by atoms with Gasteiger partial charge >= 0.3 is 0 Å². The van der Waals surface area contributed by atoms with Crippen LogP contribution in [-0.2, 0) is 6.61 Å². The Hall–Kier alpha value is -1.16. The zero-order valence-electron chi connectivity index (χ0n) is 7.91. The highest BCUT2D eigenvalue weighted by Gasteiger charge is 2.18. The lowest BCUT2D eigenvalue weighted by Crippen LogP contribution is -2.21. The van der Waals surface area contributed by atoms with Crippen LogP contribution in [0.2, 0.25) is 0 Å². The first-order valence-electron chi connectivity index (χ1n) is 4.82. The van der Waals surface area contributed by atoms with Crippen molar-refractivity contribution in [2.75, 3.05) is 18.0 Å². The summed E-state index contributed by atoms with van der Waals surface area (Å²) in [5.74, 6) is 0.00551. The van der Waals surface area contributed by atoms with E-state index >= 15 is 0 Å². The smallest absolute Gasteiger partial charge is 0.171 e. The van der Waals surface area contributed by atoms with Gasteiger partial charge in [-0.2, -0.15) is 0 Å². The van der Waals surface area contributed by atoms with Crippen LogP contribution >= 0.6 is 0 Å². The Labute approximate surface area is 82.2 Å². The van der Waals surface area contributed by atoms with E-state index in [4.69, 9.17) is 5.11 Å². The Morgan fingerprint density at radius 3 is 2.79 bits per heavy atom. The second kappa shape index (κ2) is 3.92. The van der Waals surface area contributed by atoms with E-state index in [0.29, 0.717) is 11.4 Å². The molecule has 0 saturated carbocycles. The van der Waals surface area contributed by atoms with Crippen LogP contribution < -0.4 is 4.90 Å². The monoisotopic (exact) mass is 196 g/mol. The van der Waals surface area contributed by atoms with E-state index in [2.05, 4.69) is 4.98 Å². The van der Waals surface area contributed by atoms with Gasteiger partial charge in [-0.05, 0) is 18.9 Å². The molecule has 1 aromatic heterocycles. The molecule has 1 aromatic rings. The molecule has 0 amide bonds. The zero-order valence-corrected chi connectivity index (χ0v) is 7.91. The molecule has 1 aliphatic heterocycles. The van der Waals surface area contributed by atoms with Crippen molar-refractivity contribution < 1.29 is 9.50 Å². The second-order valence-electron chi connectivity index (χ2n) is 3.46. The van der Waals surface area contributed by atoms with Crippen molar-refractivity contribution in [1.29, 1.82) is 0 Å². The molecule has 0 spiro atoms. The highest BCUT2D eigenvalue weighted by atomic mass is 19.1. The quantitative estimate of drug-likeness (QED) is 0.774. The van der Waals surface area contributed by atoms with Gasteiger partial charge in [0.1, 0.15) is 0 Å². The first-order valence-corrected chi connectivity index (χ1v) is 4.82. The maximum absolute atomic E-state index is 13.7. The number of rotatable bonds is 2. The molecular weight excluding hydrogens is 183 g/mol. The first-order chi connectivity index (χ1) is 6.83. The molecule has 1 saturated heterocycles. The van der Waals surface area contributed by atoms with Crippen LogP contribution in [0.3, 0.4) is 0 Å². The van der Waals surface area contributed by atoms with Gasteiger partial charge in [-0.15, -0.1) is 0 Å². The summed E-state index contributed by atoms with van der Waals surface area (Å²) in [5, 5.41) is 8.90. The van der Waals surface area contributed by atoms with E-state index in [1.807, 2.05) is 4.90 Å². The second-order valence-corrected chi connectivity index (χ2v) is 3.46. The van der Waals surface area contributed by atoms with E-state index in [1.165, 1.54) is 6.07 Å². The van der Waals surface area contributed by atoms with Crippen LogP contribution in [0.4, 0.5) is 10.2 Å². The molecular formula is C10H13FN2O. The van der Waals surface area contributed by atoms with E-state index in [1.54, 1.807) is 6.20 Å². The average molecular weight is 196 g/mol. The van der Waals surface area contributed by atoms with E-state index in [-0.39, 0.29) is 12.4 Å². The van der Waals surface area contributed by atoms with Gasteiger partial charge in [-0.1, -0.05) is 0 Å². The number of hydrogen-bond acceptors (Lipinski definition) is 3. The number of aromatic nitrogens is 1. The van der Waals surface area contributed by atoms with Crippen LogP contribution in [-0.4, -0.2) is 23.2 Å². The minimum atomic E-state index is -0.378. The van der Waals surface area contributed by atoms with E-state index in [9.17, 15) is 4.39 Å². The van der Waals surface area contributed by atoms with Gasteiger partial charge in [0.05, 0.1) is 6.61 Å². The molecule has 1 fully saturated rings. The summed E-state index contributed by atoms with van der Waals surface area (Å²) in [6.45, 7) is 1.45. The number of anilines is 1. The van der Waals surface area contributed by atoms with Gasteiger partial charge in [0, 0.05) is 24.8 Å². The Kier molecular flexibility index (Phi) is 2.63. The third-order valence-corrected chi connectivity index (χ3v) is 2.53. The molecule has 0 radical (unpaired) electrons. The van der Waals surface area contributed by atoms with Gasteiger partial charge in [0.25, 0.3) is 0 Å². The summed E-state index contributed by atoms with van der Waals surface area (Å²) < 4.78 is 13.7. The Bertz CT molecular complexity index is 324. The number of pyridine rings is 1. The van der Waals surface area contributed by atoms with Crippen molar-refractivity contribution in [2.45, 2.75) is 19.4 Å². The van der Waals surface area contributed by atoms with Crippen LogP contribution in [0.25, 0.3) is 0 Å². The lowest BCUT2D eigenvalue weighted by Gasteiger charge is -2.17. The molecule has 3 nitrogen and oxygen atoms in total. The molecule has 4 heteroatoms. The molecule has 0 aromatic carbocycles. The van der Waals surface area contributed by atoms with Gasteiger partial charge in [0.15, 0.2) is 11.6 Å². The Balaban J connectivity index is 2.32. The van der Waals surface area contributed by atoms with Crippen molar-refractivity contribution in [1.82, 2.24) is 4.98 Å². The first kappa shape index (κ1) is 9.40. The highest BCUT2D eigenvalue weighted by Crippen LogP contribution is 2.22. The summed E-state index contributed by atoms with van der Waals surface area (Å²) in [6.07, 6.45) is 3.72. The Morgan fingerprint density at radius 2 is 2.14 bits per heavy atom. The SMILES string of the molecule is OCc1ccnc(N2CCCC2)c1F. The molecule has 14 heavy (non-hydrogen) atoms. The van der Waals surface area contributed by atoms with E-state index in [0.717, 1.165) is 25.9 Å². The normalized spacial score (nSPS) is 16.3. The number of halogens is 1. The minimum absolute atomic E-state index is 0.269. The number of aliphatic hydroxyl groups is 1. The van der Waals surface area contributed by atoms with Gasteiger partial charge in [0.2, 0.25) is 0 Å². The van der Waals surface area contributed by atoms with Crippen LogP contribution in [0.15, 0.2) is 12.3 Å². The van der Waals surface area contributed by atoms with Crippen LogP contribution in [0.5, 0.6) is 0 Å². The van der Waals surface area contributed by atoms with Crippen molar-refractivity contribution in [3.8, 4) is 0 Å².